The standard InChI is InChI=1S/C10H16N2O/c1-3-6-10(4-2)7-5-8-11-9-12-13/h5,7-8,10,12-13H,4,9H2,1-2H3/b7-5-,11-8?. The van der Waals surface area contributed by atoms with Crippen molar-refractivity contribution >= 4 is 6.21 Å². The van der Waals surface area contributed by atoms with Gasteiger partial charge in [0.1, 0.15) is 6.67 Å². The van der Waals surface area contributed by atoms with Crippen molar-refractivity contribution in [3.05, 3.63) is 12.2 Å². The molecule has 0 rings (SSSR count). The molecule has 3 nitrogen and oxygen atoms in total. The molecule has 2 N–H and O–H groups in total. The molecule has 13 heavy (non-hydrogen) atoms. The van der Waals surface area contributed by atoms with E-state index in [-0.39, 0.29) is 6.67 Å². The van der Waals surface area contributed by atoms with Crippen LogP contribution in [0.4, 0.5) is 0 Å². The third-order valence-corrected chi connectivity index (χ3v) is 1.47. The van der Waals surface area contributed by atoms with Gasteiger partial charge >= 0.3 is 0 Å². The normalized spacial score (nSPS) is 13.2. The fraction of sp³-hybridized carbons (Fsp3) is 0.500. The van der Waals surface area contributed by atoms with Crippen LogP contribution in [0.25, 0.3) is 0 Å². The Labute approximate surface area is 79.5 Å². The third-order valence-electron chi connectivity index (χ3n) is 1.47. The molecule has 0 aliphatic rings. The van der Waals surface area contributed by atoms with Gasteiger partial charge in [-0.2, -0.15) is 5.48 Å². The Bertz CT molecular complexity index is 223. The van der Waals surface area contributed by atoms with Crippen LogP contribution in [0.15, 0.2) is 17.1 Å². The number of allylic oxidation sites excluding steroid dienone is 2. The number of nitrogens with one attached hydrogen (secondary N) is 1. The smallest absolute Gasteiger partial charge is 0.111 e. The monoisotopic (exact) mass is 180 g/mol. The van der Waals surface area contributed by atoms with E-state index in [9.17, 15) is 0 Å². The van der Waals surface area contributed by atoms with Crippen molar-refractivity contribution < 1.29 is 5.21 Å². The molecular formula is C10H16N2O. The van der Waals surface area contributed by atoms with Crippen molar-refractivity contribution in [3.63, 3.8) is 0 Å². The Morgan fingerprint density at radius 2 is 2.38 bits per heavy atom. The molecule has 3 heteroatoms. The molecule has 0 saturated carbocycles. The van der Waals surface area contributed by atoms with Crippen LogP contribution in [0.2, 0.25) is 0 Å². The lowest BCUT2D eigenvalue weighted by molar-refractivity contribution is 0.171. The van der Waals surface area contributed by atoms with Gasteiger partial charge in [-0.05, 0) is 19.4 Å². The second-order valence-electron chi connectivity index (χ2n) is 2.44. The Morgan fingerprint density at radius 3 is 2.92 bits per heavy atom. The van der Waals surface area contributed by atoms with Crippen LogP contribution >= 0.6 is 0 Å². The predicted molar refractivity (Wildman–Crippen MR) is 54.7 cm³/mol. The molecule has 0 saturated heterocycles. The zero-order chi connectivity index (χ0) is 9.94. The zero-order valence-electron chi connectivity index (χ0n) is 8.12. The minimum absolute atomic E-state index is 0.223. The molecular weight excluding hydrogens is 164 g/mol. The highest BCUT2D eigenvalue weighted by Gasteiger charge is 1.92. The van der Waals surface area contributed by atoms with Gasteiger partial charge in [0.05, 0.1) is 0 Å². The number of aliphatic imine (C=N–C) groups is 1. The maximum Gasteiger partial charge on any atom is 0.111 e. The van der Waals surface area contributed by atoms with Gasteiger partial charge in [-0.15, -0.1) is 5.92 Å². The average Bonchev–Trinajstić information content (AvgIpc) is 2.16. The highest BCUT2D eigenvalue weighted by molar-refractivity contribution is 5.71. The summed E-state index contributed by atoms with van der Waals surface area (Å²) in [6.45, 7) is 4.15. The summed E-state index contributed by atoms with van der Waals surface area (Å²) in [5.41, 5.74) is 1.94. The number of hydrogen-bond donors (Lipinski definition) is 2. The molecule has 0 aliphatic heterocycles. The summed E-state index contributed by atoms with van der Waals surface area (Å²) < 4.78 is 0. The van der Waals surface area contributed by atoms with Crippen molar-refractivity contribution in [2.24, 2.45) is 10.9 Å². The third kappa shape index (κ3) is 7.26. The fourth-order valence-corrected chi connectivity index (χ4v) is 0.810. The van der Waals surface area contributed by atoms with Crippen molar-refractivity contribution in [2.75, 3.05) is 6.67 Å². The Kier molecular flexibility index (Phi) is 8.21. The molecule has 0 radical (unpaired) electrons. The van der Waals surface area contributed by atoms with Crippen LogP contribution in [0.3, 0.4) is 0 Å². The lowest BCUT2D eigenvalue weighted by atomic mass is 10.1. The first-order chi connectivity index (χ1) is 6.35. The number of nitrogens with zero attached hydrogens (tertiary/aromatic N) is 1. The molecule has 0 aromatic heterocycles. The molecule has 0 fully saturated rings. The number of hydrogen-bond acceptors (Lipinski definition) is 3. The van der Waals surface area contributed by atoms with Crippen molar-refractivity contribution in [1.29, 1.82) is 0 Å². The molecule has 0 bridgehead atoms. The van der Waals surface area contributed by atoms with E-state index in [1.54, 1.807) is 6.21 Å². The summed E-state index contributed by atoms with van der Waals surface area (Å²) in [4.78, 5) is 3.84. The summed E-state index contributed by atoms with van der Waals surface area (Å²) in [6.07, 6.45) is 6.49. The van der Waals surface area contributed by atoms with E-state index in [1.807, 2.05) is 24.6 Å². The van der Waals surface area contributed by atoms with Gasteiger partial charge in [0, 0.05) is 12.1 Å². The molecule has 0 amide bonds. The van der Waals surface area contributed by atoms with E-state index < -0.39 is 0 Å². The van der Waals surface area contributed by atoms with Crippen LogP contribution in [0.5, 0.6) is 0 Å². The molecule has 1 atom stereocenters. The average molecular weight is 180 g/mol. The lowest BCUT2D eigenvalue weighted by Gasteiger charge is -1.96. The van der Waals surface area contributed by atoms with Gasteiger partial charge in [-0.1, -0.05) is 18.9 Å². The highest BCUT2D eigenvalue weighted by atomic mass is 16.5. The molecule has 0 heterocycles. The quantitative estimate of drug-likeness (QED) is 0.383. The van der Waals surface area contributed by atoms with Crippen LogP contribution in [-0.2, 0) is 0 Å². The minimum atomic E-state index is 0.223. The van der Waals surface area contributed by atoms with Gasteiger partial charge in [-0.25, -0.2) is 0 Å². The minimum Gasteiger partial charge on any atom is -0.315 e. The van der Waals surface area contributed by atoms with Crippen molar-refractivity contribution in [3.8, 4) is 11.8 Å². The van der Waals surface area contributed by atoms with Crippen LogP contribution in [0, 0.1) is 17.8 Å². The molecule has 0 aliphatic carbocycles. The first-order valence-electron chi connectivity index (χ1n) is 4.31. The van der Waals surface area contributed by atoms with Crippen LogP contribution < -0.4 is 5.48 Å². The van der Waals surface area contributed by atoms with Gasteiger partial charge < -0.3 is 5.21 Å². The van der Waals surface area contributed by atoms with Gasteiger partial charge in [0.25, 0.3) is 0 Å². The van der Waals surface area contributed by atoms with Gasteiger partial charge in [0.15, 0.2) is 0 Å². The first-order valence-corrected chi connectivity index (χ1v) is 4.31. The van der Waals surface area contributed by atoms with E-state index in [4.69, 9.17) is 5.21 Å². The summed E-state index contributed by atoms with van der Waals surface area (Å²) in [7, 11) is 0. The van der Waals surface area contributed by atoms with E-state index in [2.05, 4.69) is 23.8 Å². The molecule has 1 unspecified atom stereocenters. The SMILES string of the molecule is CC#CC(/C=C\C=NCNO)CC. The van der Waals surface area contributed by atoms with Crippen LogP contribution in [-0.4, -0.2) is 18.1 Å². The topological polar surface area (TPSA) is 44.6 Å². The lowest BCUT2D eigenvalue weighted by Crippen LogP contribution is -2.05. The number of rotatable bonds is 5. The van der Waals surface area contributed by atoms with Crippen molar-refractivity contribution in [2.45, 2.75) is 20.3 Å². The first kappa shape index (κ1) is 11.9. The van der Waals surface area contributed by atoms with E-state index in [0.29, 0.717) is 5.92 Å². The van der Waals surface area contributed by atoms with E-state index in [1.165, 1.54) is 0 Å². The summed E-state index contributed by atoms with van der Waals surface area (Å²) in [5, 5.41) is 8.19. The summed E-state index contributed by atoms with van der Waals surface area (Å²) >= 11 is 0. The van der Waals surface area contributed by atoms with E-state index >= 15 is 0 Å². The van der Waals surface area contributed by atoms with Crippen molar-refractivity contribution in [1.82, 2.24) is 5.48 Å². The Hall–Kier alpha value is -1.11. The largest absolute Gasteiger partial charge is 0.315 e. The Balaban J connectivity index is 3.83. The molecule has 0 aromatic carbocycles. The Morgan fingerprint density at radius 1 is 1.62 bits per heavy atom. The summed E-state index contributed by atoms with van der Waals surface area (Å²) in [5.74, 6) is 6.24. The van der Waals surface area contributed by atoms with E-state index in [0.717, 1.165) is 6.42 Å². The number of hydroxylamine groups is 1. The van der Waals surface area contributed by atoms with Gasteiger partial charge in [-0.3, -0.25) is 4.99 Å². The second-order valence-corrected chi connectivity index (χ2v) is 2.44. The predicted octanol–water partition coefficient (Wildman–Crippen LogP) is 1.60. The highest BCUT2D eigenvalue weighted by Crippen LogP contribution is 2.01. The molecule has 72 valence electrons. The van der Waals surface area contributed by atoms with Crippen LogP contribution in [0.1, 0.15) is 20.3 Å². The zero-order valence-corrected chi connectivity index (χ0v) is 8.12. The maximum absolute atomic E-state index is 8.19. The second kappa shape index (κ2) is 8.98. The maximum atomic E-state index is 8.19. The molecule has 0 aromatic rings. The summed E-state index contributed by atoms with van der Waals surface area (Å²) in [6, 6.07) is 0. The fourth-order valence-electron chi connectivity index (χ4n) is 0.810. The van der Waals surface area contributed by atoms with Gasteiger partial charge in [0.2, 0.25) is 0 Å². The molecule has 0 spiro atoms.